The van der Waals surface area contributed by atoms with Crippen molar-refractivity contribution < 1.29 is 9.53 Å². The van der Waals surface area contributed by atoms with E-state index in [2.05, 4.69) is 0 Å². The molecule has 2 aromatic rings. The van der Waals surface area contributed by atoms with Gasteiger partial charge >= 0.3 is 5.97 Å². The quantitative estimate of drug-likeness (QED) is 0.522. The van der Waals surface area contributed by atoms with Gasteiger partial charge < -0.3 is 10.5 Å². The van der Waals surface area contributed by atoms with Crippen LogP contribution in [-0.4, -0.2) is 5.97 Å². The summed E-state index contributed by atoms with van der Waals surface area (Å²) in [5.74, 6) is -0.0129. The van der Waals surface area contributed by atoms with E-state index < -0.39 is 0 Å². The Bertz CT molecular complexity index is 599. The monoisotopic (exact) mass is 325 g/mol. The second kappa shape index (κ2) is 7.91. The third-order valence-electron chi connectivity index (χ3n) is 2.93. The Morgan fingerprint density at radius 1 is 1.24 bits per heavy atom. The zero-order chi connectivity index (χ0) is 14.5. The zero-order valence-electron chi connectivity index (χ0n) is 11.6. The lowest BCUT2D eigenvalue weighted by Gasteiger charge is -2.11. The number of hydrogen-bond acceptors (Lipinski definition) is 3. The standard InChI is InChI=1S/C16H16ClNO2.ClH/c1-11(9-12-3-2-4-14(18)10-12)16(19)20-15-7-5-13(17)6-8-15;/h2-8,10-11H,9,18H2,1H3;1H. The lowest BCUT2D eigenvalue weighted by Crippen LogP contribution is -2.19. The van der Waals surface area contributed by atoms with Gasteiger partial charge in [-0.05, 0) is 48.4 Å². The highest BCUT2D eigenvalue weighted by Crippen LogP contribution is 2.18. The summed E-state index contributed by atoms with van der Waals surface area (Å²) in [7, 11) is 0. The molecule has 0 amide bonds. The fourth-order valence-electron chi connectivity index (χ4n) is 1.88. The molecule has 1 unspecified atom stereocenters. The van der Waals surface area contributed by atoms with Crippen LogP contribution in [0.4, 0.5) is 5.69 Å². The number of carbonyl (C=O) groups is 1. The predicted octanol–water partition coefficient (Wildman–Crippen LogP) is 4.13. The fraction of sp³-hybridized carbons (Fsp3) is 0.188. The third-order valence-corrected chi connectivity index (χ3v) is 3.18. The summed E-state index contributed by atoms with van der Waals surface area (Å²) < 4.78 is 5.30. The van der Waals surface area contributed by atoms with Crippen LogP contribution < -0.4 is 10.5 Å². The maximum absolute atomic E-state index is 12.0. The minimum absolute atomic E-state index is 0. The molecule has 0 heterocycles. The van der Waals surface area contributed by atoms with Crippen LogP contribution in [0.1, 0.15) is 12.5 Å². The molecule has 0 aliphatic rings. The van der Waals surface area contributed by atoms with Gasteiger partial charge in [0.25, 0.3) is 0 Å². The largest absolute Gasteiger partial charge is 0.426 e. The molecule has 0 aliphatic carbocycles. The van der Waals surface area contributed by atoms with Crippen LogP contribution in [-0.2, 0) is 11.2 Å². The van der Waals surface area contributed by atoms with Gasteiger partial charge in [0.2, 0.25) is 0 Å². The maximum atomic E-state index is 12.0. The van der Waals surface area contributed by atoms with Crippen LogP contribution in [0, 0.1) is 5.92 Å². The molecule has 0 saturated heterocycles. The minimum Gasteiger partial charge on any atom is -0.426 e. The van der Waals surface area contributed by atoms with Gasteiger partial charge in [-0.25, -0.2) is 0 Å². The number of nitrogens with two attached hydrogens (primary N) is 1. The zero-order valence-corrected chi connectivity index (χ0v) is 13.2. The summed E-state index contributed by atoms with van der Waals surface area (Å²) >= 11 is 5.78. The number of benzene rings is 2. The van der Waals surface area contributed by atoms with Crippen molar-refractivity contribution in [1.82, 2.24) is 0 Å². The van der Waals surface area contributed by atoms with Crippen LogP contribution in [0.5, 0.6) is 5.75 Å². The lowest BCUT2D eigenvalue weighted by atomic mass is 10.0. The number of carbonyl (C=O) groups excluding carboxylic acids is 1. The first-order valence-electron chi connectivity index (χ1n) is 6.36. The molecule has 2 rings (SSSR count). The van der Waals surface area contributed by atoms with E-state index in [1.165, 1.54) is 0 Å². The second-order valence-corrected chi connectivity index (χ2v) is 5.16. The molecule has 0 saturated carbocycles. The van der Waals surface area contributed by atoms with E-state index in [1.807, 2.05) is 31.2 Å². The van der Waals surface area contributed by atoms with Gasteiger partial charge in [-0.15, -0.1) is 12.4 Å². The van der Waals surface area contributed by atoms with Gasteiger partial charge in [-0.3, -0.25) is 4.79 Å². The molecule has 5 heteroatoms. The molecule has 0 spiro atoms. The average Bonchev–Trinajstić information content (AvgIpc) is 2.41. The number of esters is 1. The first-order chi connectivity index (χ1) is 9.54. The molecule has 0 radical (unpaired) electrons. The Balaban J connectivity index is 0.00000220. The number of halogens is 2. The lowest BCUT2D eigenvalue weighted by molar-refractivity contribution is -0.138. The Morgan fingerprint density at radius 2 is 1.90 bits per heavy atom. The first-order valence-corrected chi connectivity index (χ1v) is 6.74. The van der Waals surface area contributed by atoms with Gasteiger partial charge in [0, 0.05) is 10.7 Å². The Hall–Kier alpha value is -1.71. The van der Waals surface area contributed by atoms with Crippen molar-refractivity contribution in [3.05, 3.63) is 59.1 Å². The summed E-state index contributed by atoms with van der Waals surface area (Å²) in [6, 6.07) is 14.2. The molecule has 112 valence electrons. The highest BCUT2D eigenvalue weighted by atomic mass is 35.5. The van der Waals surface area contributed by atoms with E-state index in [1.54, 1.807) is 24.3 Å². The van der Waals surface area contributed by atoms with E-state index in [0.717, 1.165) is 5.56 Å². The molecule has 0 bridgehead atoms. The topological polar surface area (TPSA) is 52.3 Å². The summed E-state index contributed by atoms with van der Waals surface area (Å²) in [6.07, 6.45) is 0.595. The molecule has 0 aliphatic heterocycles. The smallest absolute Gasteiger partial charge is 0.314 e. The minimum atomic E-state index is -0.269. The Morgan fingerprint density at radius 3 is 2.52 bits per heavy atom. The van der Waals surface area contributed by atoms with Gasteiger partial charge in [-0.2, -0.15) is 0 Å². The van der Waals surface area contributed by atoms with Crippen molar-refractivity contribution in [3.8, 4) is 5.75 Å². The van der Waals surface area contributed by atoms with Crippen LogP contribution in [0.25, 0.3) is 0 Å². The molecular formula is C16H17Cl2NO2. The van der Waals surface area contributed by atoms with Crippen molar-refractivity contribution >= 4 is 35.7 Å². The predicted molar refractivity (Wildman–Crippen MR) is 88.1 cm³/mol. The first kappa shape index (κ1) is 17.3. The summed E-state index contributed by atoms with van der Waals surface area (Å²) in [5.41, 5.74) is 7.43. The Labute approximate surface area is 135 Å². The number of ether oxygens (including phenoxy) is 1. The molecule has 2 N–H and O–H groups in total. The normalized spacial score (nSPS) is 11.3. The highest BCUT2D eigenvalue weighted by molar-refractivity contribution is 6.30. The highest BCUT2D eigenvalue weighted by Gasteiger charge is 2.16. The van der Waals surface area contributed by atoms with Gasteiger partial charge in [-0.1, -0.05) is 30.7 Å². The average molecular weight is 326 g/mol. The van der Waals surface area contributed by atoms with Crippen molar-refractivity contribution in [2.45, 2.75) is 13.3 Å². The van der Waals surface area contributed by atoms with Crippen molar-refractivity contribution in [1.29, 1.82) is 0 Å². The molecule has 1 atom stereocenters. The van der Waals surface area contributed by atoms with E-state index in [9.17, 15) is 4.79 Å². The molecule has 0 aromatic heterocycles. The summed E-state index contributed by atoms with van der Waals surface area (Å²) in [5, 5.41) is 0.609. The van der Waals surface area contributed by atoms with E-state index in [-0.39, 0.29) is 24.3 Å². The Kier molecular flexibility index (Phi) is 6.53. The van der Waals surface area contributed by atoms with Crippen LogP contribution in [0.3, 0.4) is 0 Å². The van der Waals surface area contributed by atoms with Crippen molar-refractivity contribution in [2.24, 2.45) is 5.92 Å². The summed E-state index contributed by atoms with van der Waals surface area (Å²) in [4.78, 5) is 12.0. The fourth-order valence-corrected chi connectivity index (χ4v) is 2.00. The second-order valence-electron chi connectivity index (χ2n) is 4.73. The van der Waals surface area contributed by atoms with E-state index in [4.69, 9.17) is 22.1 Å². The number of rotatable bonds is 4. The number of anilines is 1. The third kappa shape index (κ3) is 5.29. The van der Waals surface area contributed by atoms with E-state index in [0.29, 0.717) is 22.9 Å². The number of nitrogen functional groups attached to an aromatic ring is 1. The maximum Gasteiger partial charge on any atom is 0.314 e. The SMILES string of the molecule is CC(Cc1cccc(N)c1)C(=O)Oc1ccc(Cl)cc1.Cl. The van der Waals surface area contributed by atoms with Crippen molar-refractivity contribution in [2.75, 3.05) is 5.73 Å². The molecule has 0 fully saturated rings. The molecule has 2 aromatic carbocycles. The molecular weight excluding hydrogens is 309 g/mol. The van der Waals surface area contributed by atoms with Gasteiger partial charge in [0.1, 0.15) is 5.75 Å². The molecule has 3 nitrogen and oxygen atoms in total. The van der Waals surface area contributed by atoms with E-state index >= 15 is 0 Å². The van der Waals surface area contributed by atoms with Crippen LogP contribution in [0.15, 0.2) is 48.5 Å². The van der Waals surface area contributed by atoms with Crippen LogP contribution >= 0.6 is 24.0 Å². The van der Waals surface area contributed by atoms with Gasteiger partial charge in [0.05, 0.1) is 5.92 Å². The van der Waals surface area contributed by atoms with Crippen molar-refractivity contribution in [3.63, 3.8) is 0 Å². The van der Waals surface area contributed by atoms with Gasteiger partial charge in [0.15, 0.2) is 0 Å². The van der Waals surface area contributed by atoms with Crippen LogP contribution in [0.2, 0.25) is 5.02 Å². The number of hydrogen-bond donors (Lipinski definition) is 1. The summed E-state index contributed by atoms with van der Waals surface area (Å²) in [6.45, 7) is 1.83. The molecule has 21 heavy (non-hydrogen) atoms.